The normalized spacial score (nSPS) is 28.9. The molecular weight excluding hydrogens is 1730 g/mol. The SMILES string of the molecule is CC.CCCC1(CCC)CCC(C2CCC(CCC)(CCC)CC2)CC1.CCCC1(CCC)CCC(c2ccc(CC)cc2)CC1.CCOC1C[C@@H](OCC)[C@H](OCC)CO1.CCOC1OC[C@@H](OCC)[C@@H](OCC)[C@@H]1OCC.CCOC1OC[C@@H](OCC)[C@H](OCC)[C@H]1OCC.CCOC1[C@@H](OCC)[C@@H](OCC)O[C@H](OCC)[C@H]1OCC.CCO[C@@H]1OC[C@@H](OCC)[C@@H](OCC)[C@@H]1OCC. The molecule has 136 heavy (non-hydrogen) atoms. The Kier molecular flexibility index (Phi) is 77.0. The summed E-state index contributed by atoms with van der Waals surface area (Å²) in [6.07, 6.45) is 32.7. The van der Waals surface area contributed by atoms with E-state index in [1.165, 1.54) is 108 Å². The lowest BCUT2D eigenvalue weighted by molar-refractivity contribution is -0.363. The molecule has 4 unspecified atom stereocenters. The molecule has 0 radical (unpaired) electrons. The van der Waals surface area contributed by atoms with Crippen molar-refractivity contribution >= 4 is 0 Å². The third kappa shape index (κ3) is 46.1. The molecule has 25 nitrogen and oxygen atoms in total. The Morgan fingerprint density at radius 3 is 0.743 bits per heavy atom. The summed E-state index contributed by atoms with van der Waals surface area (Å²) in [6.45, 7) is 73.8. The number of hydrogen-bond acceptors (Lipinski definition) is 25. The van der Waals surface area contributed by atoms with Gasteiger partial charge >= 0.3 is 0 Å². The highest BCUT2D eigenvalue weighted by molar-refractivity contribution is 5.26. The van der Waals surface area contributed by atoms with Gasteiger partial charge in [-0.25, -0.2) is 0 Å². The molecule has 5 heterocycles. The fourth-order valence-electron chi connectivity index (χ4n) is 21.9. The van der Waals surface area contributed by atoms with Crippen molar-refractivity contribution in [3.8, 4) is 0 Å². The predicted octanol–water partition coefficient (Wildman–Crippen LogP) is 24.4. The summed E-state index contributed by atoms with van der Waals surface area (Å²) in [4.78, 5) is 0. The minimum Gasteiger partial charge on any atom is -0.376 e. The zero-order chi connectivity index (χ0) is 101. The second kappa shape index (κ2) is 80.4. The minimum atomic E-state index is -0.514. The van der Waals surface area contributed by atoms with Gasteiger partial charge in [-0.3, -0.25) is 0 Å². The predicted molar refractivity (Wildman–Crippen MR) is 547 cm³/mol. The molecule has 0 amide bonds. The van der Waals surface area contributed by atoms with Gasteiger partial charge in [-0.1, -0.05) is 125 Å². The summed E-state index contributed by atoms with van der Waals surface area (Å²) < 4.78 is 142. The lowest BCUT2D eigenvalue weighted by atomic mass is 9.59. The van der Waals surface area contributed by atoms with Gasteiger partial charge in [-0.05, 0) is 306 Å². The first-order chi connectivity index (χ1) is 66.2. The van der Waals surface area contributed by atoms with E-state index in [1.54, 1.807) is 56.9 Å². The summed E-state index contributed by atoms with van der Waals surface area (Å²) in [6, 6.07) is 9.43. The van der Waals surface area contributed by atoms with Crippen LogP contribution in [-0.4, -0.2) is 282 Å². The van der Waals surface area contributed by atoms with Crippen LogP contribution in [0.4, 0.5) is 0 Å². The van der Waals surface area contributed by atoms with Gasteiger partial charge in [0.2, 0.25) is 0 Å². The van der Waals surface area contributed by atoms with Crippen LogP contribution in [0.25, 0.3) is 0 Å². The Morgan fingerprint density at radius 2 is 0.471 bits per heavy atom. The van der Waals surface area contributed by atoms with Crippen LogP contribution in [0.2, 0.25) is 0 Å². The van der Waals surface area contributed by atoms with Gasteiger partial charge in [0.05, 0.1) is 32.5 Å². The molecule has 0 N–H and O–H groups in total. The third-order valence-corrected chi connectivity index (χ3v) is 27.5. The van der Waals surface area contributed by atoms with Crippen LogP contribution < -0.4 is 0 Å². The van der Waals surface area contributed by atoms with Crippen LogP contribution in [0, 0.1) is 28.1 Å². The van der Waals surface area contributed by atoms with Crippen LogP contribution in [0.3, 0.4) is 0 Å². The standard InChI is InChI=1S/C24H46.C20H32.C15H30O6.3C13H26O5.C11H22O4.C2H6/c1-5-13-23(14-6-2)17-9-21(10-18-23)22-11-19-24(15-7-3,16-8-4)20-12-22;1-4-13-20(14-5-2)15-11-19(12-16-20)18-9-7-17(6-3)8-10-18;1-6-16-11-12(17-7-2)14(19-9-4)21-15(20-10-5)13(11)18-8-3;3*1-5-14-10-9-18-13(17-8-4)12(16-7-3)11(10)15-6-2;1-4-12-9-7-11(14-6-3)15-8-10(9)13-5-2;1-2/h21-22H,5-20H2,1-4H3;7-10,19H,4-6,11-16H2,1-3H3;11-15H,6-10H2,1-5H3;3*10-13H,5-9H2,1-4H3;9-11H,4-8H2,1-3H3;1-2H3/t;;11?,12-,13+,14-,15-;10-,11+,12-,13?;10-,11-,12+,13?;10-,11-,12+,13-;9-,10-,11?;/m..01111./s1. The average Bonchev–Trinajstić information content (AvgIpc) is 0.775. The molecule has 25 heteroatoms. The van der Waals surface area contributed by atoms with Gasteiger partial charge in [0, 0.05) is 139 Å². The van der Waals surface area contributed by atoms with Gasteiger partial charge in [0.25, 0.3) is 0 Å². The lowest BCUT2D eigenvalue weighted by Crippen LogP contribution is -2.61. The maximum absolute atomic E-state index is 5.90. The van der Waals surface area contributed by atoms with E-state index in [4.69, 9.17) is 118 Å². The molecule has 0 bridgehead atoms. The van der Waals surface area contributed by atoms with Crippen molar-refractivity contribution in [2.24, 2.45) is 28.1 Å². The molecule has 0 aromatic heterocycles. The van der Waals surface area contributed by atoms with Gasteiger partial charge < -0.3 is 118 Å². The Labute approximate surface area is 833 Å². The maximum atomic E-state index is 5.90. The summed E-state index contributed by atoms with van der Waals surface area (Å²) in [7, 11) is 0. The largest absolute Gasteiger partial charge is 0.376 e. The summed E-state index contributed by atoms with van der Waals surface area (Å²) in [5.74, 6) is 2.98. The Bertz CT molecular complexity index is 2540. The number of rotatable bonds is 55. The van der Waals surface area contributed by atoms with E-state index < -0.39 is 12.6 Å². The lowest BCUT2D eigenvalue weighted by Gasteiger charge is -2.47. The second-order valence-electron chi connectivity index (χ2n) is 36.5. The van der Waals surface area contributed by atoms with Crippen molar-refractivity contribution in [3.63, 3.8) is 0 Å². The molecule has 3 aliphatic carbocycles. The van der Waals surface area contributed by atoms with E-state index in [9.17, 15) is 0 Å². The zero-order valence-electron chi connectivity index (χ0n) is 92.7. The molecule has 808 valence electrons. The summed E-state index contributed by atoms with van der Waals surface area (Å²) >= 11 is 0. The van der Waals surface area contributed by atoms with E-state index in [-0.39, 0.29) is 111 Å². The molecule has 1 aromatic carbocycles. The minimum absolute atomic E-state index is 0.0478. The number of aryl methyl sites for hydroxylation is 1. The van der Waals surface area contributed by atoms with Crippen molar-refractivity contribution in [2.75, 3.05) is 159 Å². The fourth-order valence-corrected chi connectivity index (χ4v) is 21.9. The van der Waals surface area contributed by atoms with Gasteiger partial charge in [0.15, 0.2) is 37.7 Å². The average molecular weight is 1950 g/mol. The van der Waals surface area contributed by atoms with Gasteiger partial charge in [0.1, 0.15) is 79.4 Å². The molecular formula is C111H214O25. The number of ether oxygens (including phenoxy) is 25. The number of hydrogen-bond donors (Lipinski definition) is 0. The first-order valence-electron chi connectivity index (χ1n) is 55.8. The molecule has 5 saturated heterocycles. The summed E-state index contributed by atoms with van der Waals surface area (Å²) in [5, 5.41) is 0. The fraction of sp³-hybridized carbons (Fsp3) is 0.946. The molecule has 0 spiro atoms. The van der Waals surface area contributed by atoms with Gasteiger partial charge in [-0.15, -0.1) is 0 Å². The molecule has 1 aromatic rings. The van der Waals surface area contributed by atoms with Crippen LogP contribution in [-0.2, 0) is 125 Å². The Morgan fingerprint density at radius 1 is 0.235 bits per heavy atom. The summed E-state index contributed by atoms with van der Waals surface area (Å²) in [5.41, 5.74) is 5.22. The third-order valence-electron chi connectivity index (χ3n) is 27.5. The van der Waals surface area contributed by atoms with Crippen molar-refractivity contribution < 1.29 is 118 Å². The van der Waals surface area contributed by atoms with E-state index in [2.05, 4.69) is 72.7 Å². The van der Waals surface area contributed by atoms with Crippen LogP contribution >= 0.6 is 0 Å². The monoisotopic (exact) mass is 1950 g/mol. The van der Waals surface area contributed by atoms with E-state index in [0.717, 1.165) is 41.4 Å². The van der Waals surface area contributed by atoms with Crippen molar-refractivity contribution in [1.29, 1.82) is 0 Å². The van der Waals surface area contributed by atoms with Gasteiger partial charge in [-0.2, -0.15) is 0 Å². The highest BCUT2D eigenvalue weighted by Gasteiger charge is 2.51. The van der Waals surface area contributed by atoms with E-state index in [0.29, 0.717) is 164 Å². The molecule has 8 aliphatic rings. The first kappa shape index (κ1) is 130. The molecule has 9 rings (SSSR count). The quantitative estimate of drug-likeness (QED) is 0.0590. The number of benzene rings is 1. The first-order valence-corrected chi connectivity index (χ1v) is 55.8. The molecule has 8 fully saturated rings. The Balaban J connectivity index is 0.000000537. The zero-order valence-corrected chi connectivity index (χ0v) is 92.7. The maximum Gasteiger partial charge on any atom is 0.189 e. The highest BCUT2D eigenvalue weighted by atomic mass is 16.8. The molecule has 5 aliphatic heterocycles. The van der Waals surface area contributed by atoms with Crippen LogP contribution in [0.15, 0.2) is 24.3 Å². The van der Waals surface area contributed by atoms with Crippen molar-refractivity contribution in [3.05, 3.63) is 35.4 Å². The smallest absolute Gasteiger partial charge is 0.189 e. The van der Waals surface area contributed by atoms with Crippen molar-refractivity contribution in [1.82, 2.24) is 0 Å². The van der Waals surface area contributed by atoms with Crippen LogP contribution in [0.1, 0.15) is 378 Å². The second-order valence-corrected chi connectivity index (χ2v) is 36.5. The Hall–Kier alpha value is -1.78. The van der Waals surface area contributed by atoms with E-state index in [1.807, 2.05) is 152 Å². The highest BCUT2D eigenvalue weighted by Crippen LogP contribution is 2.54. The molecule has 3 saturated carbocycles. The van der Waals surface area contributed by atoms with Crippen molar-refractivity contribution in [2.45, 2.75) is 497 Å². The van der Waals surface area contributed by atoms with E-state index >= 15 is 0 Å². The topological polar surface area (TPSA) is 231 Å². The molecule has 20 atom stereocenters. The van der Waals surface area contributed by atoms with Crippen LogP contribution in [0.5, 0.6) is 0 Å².